The predicted molar refractivity (Wildman–Crippen MR) is 119 cm³/mol. The van der Waals surface area contributed by atoms with E-state index in [4.69, 9.17) is 10.00 Å². The third-order valence-electron chi connectivity index (χ3n) is 6.21. The van der Waals surface area contributed by atoms with Gasteiger partial charge in [0.15, 0.2) is 6.61 Å². The number of anilines is 2. The SMILES string of the molecule is N#Cc1ccccc1NC(=O)COC(=O)C1CCCCC1C(=O)N1CCc2ccccc21. The molecule has 1 aliphatic carbocycles. The quantitative estimate of drug-likeness (QED) is 0.731. The van der Waals surface area contributed by atoms with Crippen LogP contribution in [0.25, 0.3) is 0 Å². The average Bonchev–Trinajstić information content (AvgIpc) is 3.26. The van der Waals surface area contributed by atoms with E-state index in [9.17, 15) is 14.4 Å². The molecule has 1 aliphatic heterocycles. The first-order valence-electron chi connectivity index (χ1n) is 10.9. The maximum absolute atomic E-state index is 13.3. The number of nitriles is 1. The number of hydrogen-bond donors (Lipinski definition) is 1. The van der Waals surface area contributed by atoms with Gasteiger partial charge >= 0.3 is 5.97 Å². The first kappa shape index (κ1) is 21.6. The van der Waals surface area contributed by atoms with Gasteiger partial charge in [-0.15, -0.1) is 0 Å². The molecule has 2 atom stereocenters. The summed E-state index contributed by atoms with van der Waals surface area (Å²) in [7, 11) is 0. The van der Waals surface area contributed by atoms with Crippen molar-refractivity contribution in [3.63, 3.8) is 0 Å². The Morgan fingerprint density at radius 1 is 1.03 bits per heavy atom. The normalized spacial score (nSPS) is 19.5. The number of ether oxygens (including phenoxy) is 1. The zero-order valence-corrected chi connectivity index (χ0v) is 17.8. The lowest BCUT2D eigenvalue weighted by molar-refractivity contribution is -0.156. The Balaban J connectivity index is 1.38. The van der Waals surface area contributed by atoms with Crippen LogP contribution in [0.1, 0.15) is 36.8 Å². The van der Waals surface area contributed by atoms with Gasteiger partial charge in [0, 0.05) is 12.2 Å². The van der Waals surface area contributed by atoms with Crippen LogP contribution in [0.5, 0.6) is 0 Å². The zero-order chi connectivity index (χ0) is 22.5. The summed E-state index contributed by atoms with van der Waals surface area (Å²) in [5.74, 6) is -2.07. The molecule has 7 nitrogen and oxygen atoms in total. The minimum absolute atomic E-state index is 0.0380. The van der Waals surface area contributed by atoms with Crippen molar-refractivity contribution >= 4 is 29.2 Å². The monoisotopic (exact) mass is 431 g/mol. The molecule has 0 bridgehead atoms. The fraction of sp³-hybridized carbons (Fsp3) is 0.360. The van der Waals surface area contributed by atoms with E-state index in [-0.39, 0.29) is 5.91 Å². The molecule has 2 aliphatic rings. The van der Waals surface area contributed by atoms with Crippen LogP contribution in [0.4, 0.5) is 11.4 Å². The van der Waals surface area contributed by atoms with Crippen molar-refractivity contribution < 1.29 is 19.1 Å². The Kier molecular flexibility index (Phi) is 6.50. The van der Waals surface area contributed by atoms with Crippen LogP contribution in [-0.4, -0.2) is 30.9 Å². The van der Waals surface area contributed by atoms with E-state index < -0.39 is 30.3 Å². The maximum Gasteiger partial charge on any atom is 0.310 e. The number of esters is 1. The lowest BCUT2D eigenvalue weighted by Gasteiger charge is -2.32. The molecule has 7 heteroatoms. The minimum Gasteiger partial charge on any atom is -0.455 e. The molecule has 0 saturated heterocycles. The molecule has 2 aromatic carbocycles. The number of fused-ring (bicyclic) bond motifs is 1. The fourth-order valence-electron chi connectivity index (χ4n) is 4.60. The number of rotatable bonds is 5. The van der Waals surface area contributed by atoms with Gasteiger partial charge in [-0.3, -0.25) is 14.4 Å². The fourth-order valence-corrected chi connectivity index (χ4v) is 4.60. The Morgan fingerprint density at radius 3 is 2.56 bits per heavy atom. The number of nitrogens with zero attached hydrogens (tertiary/aromatic N) is 2. The van der Waals surface area contributed by atoms with Gasteiger partial charge in [-0.25, -0.2) is 0 Å². The average molecular weight is 431 g/mol. The highest BCUT2D eigenvalue weighted by atomic mass is 16.5. The molecule has 2 unspecified atom stereocenters. The van der Waals surface area contributed by atoms with Crippen LogP contribution in [-0.2, 0) is 25.5 Å². The standard InChI is InChI=1S/C25H25N3O4/c26-15-18-8-1-5-11-21(18)27-23(29)16-32-25(31)20-10-4-3-9-19(20)24(30)28-14-13-17-7-2-6-12-22(17)28/h1-2,5-8,11-12,19-20H,3-4,9-10,13-14,16H2,(H,27,29). The molecule has 164 valence electrons. The summed E-state index contributed by atoms with van der Waals surface area (Å²) in [6.45, 7) is 0.166. The van der Waals surface area contributed by atoms with Crippen LogP contribution in [0.15, 0.2) is 48.5 Å². The summed E-state index contributed by atoms with van der Waals surface area (Å²) in [6, 6.07) is 16.5. The van der Waals surface area contributed by atoms with Crippen LogP contribution in [0, 0.1) is 23.2 Å². The number of carbonyl (C=O) groups excluding carboxylic acids is 3. The lowest BCUT2D eigenvalue weighted by atomic mass is 9.78. The summed E-state index contributed by atoms with van der Waals surface area (Å²) in [5, 5.41) is 11.7. The number of carbonyl (C=O) groups is 3. The number of hydrogen-bond acceptors (Lipinski definition) is 5. The first-order chi connectivity index (χ1) is 15.6. The molecule has 0 spiro atoms. The van der Waals surface area contributed by atoms with Gasteiger partial charge < -0.3 is 15.0 Å². The van der Waals surface area contributed by atoms with Crippen LogP contribution < -0.4 is 10.2 Å². The smallest absolute Gasteiger partial charge is 0.310 e. The minimum atomic E-state index is -0.553. The molecule has 32 heavy (non-hydrogen) atoms. The van der Waals surface area contributed by atoms with Crippen molar-refractivity contribution in [1.29, 1.82) is 5.26 Å². The van der Waals surface area contributed by atoms with Gasteiger partial charge in [0.1, 0.15) is 6.07 Å². The highest BCUT2D eigenvalue weighted by Gasteiger charge is 2.40. The Bertz CT molecular complexity index is 1070. The Labute approximate surface area is 187 Å². The highest BCUT2D eigenvalue weighted by molar-refractivity contribution is 5.99. The summed E-state index contributed by atoms with van der Waals surface area (Å²) < 4.78 is 5.30. The van der Waals surface area contributed by atoms with Gasteiger partial charge in [-0.1, -0.05) is 43.2 Å². The van der Waals surface area contributed by atoms with Crippen LogP contribution >= 0.6 is 0 Å². The second-order valence-electron chi connectivity index (χ2n) is 8.18. The summed E-state index contributed by atoms with van der Waals surface area (Å²) in [4.78, 5) is 40.2. The van der Waals surface area contributed by atoms with Crippen molar-refractivity contribution in [2.45, 2.75) is 32.1 Å². The molecular formula is C25H25N3O4. The van der Waals surface area contributed by atoms with E-state index in [1.165, 1.54) is 0 Å². The van der Waals surface area contributed by atoms with Gasteiger partial charge in [0.2, 0.25) is 5.91 Å². The molecule has 4 rings (SSSR count). The number of amides is 2. The van der Waals surface area contributed by atoms with E-state index in [1.807, 2.05) is 30.3 Å². The van der Waals surface area contributed by atoms with Crippen LogP contribution in [0.3, 0.4) is 0 Å². The highest BCUT2D eigenvalue weighted by Crippen LogP contribution is 2.36. The lowest BCUT2D eigenvalue weighted by Crippen LogP contribution is -2.42. The molecule has 0 radical (unpaired) electrons. The van der Waals surface area contributed by atoms with Crippen molar-refractivity contribution in [1.82, 2.24) is 0 Å². The zero-order valence-electron chi connectivity index (χ0n) is 17.8. The Hall–Kier alpha value is -3.66. The van der Waals surface area contributed by atoms with Crippen molar-refractivity contribution in [2.75, 3.05) is 23.4 Å². The molecule has 1 fully saturated rings. The molecule has 2 aromatic rings. The maximum atomic E-state index is 13.3. The molecular weight excluding hydrogens is 406 g/mol. The second-order valence-corrected chi connectivity index (χ2v) is 8.18. The second kappa shape index (κ2) is 9.65. The van der Waals surface area contributed by atoms with Crippen molar-refractivity contribution in [3.05, 3.63) is 59.7 Å². The number of para-hydroxylation sites is 2. The number of benzene rings is 2. The van der Waals surface area contributed by atoms with Crippen LogP contribution in [0.2, 0.25) is 0 Å². The Morgan fingerprint density at radius 2 is 1.75 bits per heavy atom. The largest absolute Gasteiger partial charge is 0.455 e. The summed E-state index contributed by atoms with van der Waals surface area (Å²) in [6.07, 6.45) is 3.76. The molecule has 2 amide bonds. The third-order valence-corrected chi connectivity index (χ3v) is 6.21. The van der Waals surface area contributed by atoms with Gasteiger partial charge in [-0.05, 0) is 43.0 Å². The van der Waals surface area contributed by atoms with Crippen molar-refractivity contribution in [2.24, 2.45) is 11.8 Å². The number of nitrogens with one attached hydrogen (secondary N) is 1. The summed E-state index contributed by atoms with van der Waals surface area (Å²) >= 11 is 0. The predicted octanol–water partition coefficient (Wildman–Crippen LogP) is 3.44. The van der Waals surface area contributed by atoms with Gasteiger partial charge in [-0.2, -0.15) is 5.26 Å². The topological polar surface area (TPSA) is 99.5 Å². The van der Waals surface area contributed by atoms with E-state index in [1.54, 1.807) is 29.2 Å². The van der Waals surface area contributed by atoms with Gasteiger partial charge in [0.05, 0.1) is 23.1 Å². The van der Waals surface area contributed by atoms with E-state index >= 15 is 0 Å². The van der Waals surface area contributed by atoms with E-state index in [0.29, 0.717) is 30.6 Å². The van der Waals surface area contributed by atoms with Gasteiger partial charge in [0.25, 0.3) is 5.91 Å². The molecule has 1 saturated carbocycles. The summed E-state index contributed by atoms with van der Waals surface area (Å²) in [5.41, 5.74) is 2.77. The first-order valence-corrected chi connectivity index (χ1v) is 10.9. The molecule has 1 N–H and O–H groups in total. The molecule has 1 heterocycles. The van der Waals surface area contributed by atoms with Crippen molar-refractivity contribution in [3.8, 4) is 6.07 Å². The van der Waals surface area contributed by atoms with E-state index in [0.717, 1.165) is 30.5 Å². The van der Waals surface area contributed by atoms with E-state index in [2.05, 4.69) is 5.32 Å². The molecule has 0 aromatic heterocycles. The third kappa shape index (κ3) is 4.50.